The summed E-state index contributed by atoms with van der Waals surface area (Å²) in [6.07, 6.45) is 2.10. The molecule has 3 nitrogen and oxygen atoms in total. The Morgan fingerprint density at radius 2 is 1.19 bits per heavy atom. The second-order valence-corrected chi connectivity index (χ2v) is 9.01. The summed E-state index contributed by atoms with van der Waals surface area (Å²) in [4.78, 5) is 13.1. The van der Waals surface area contributed by atoms with Crippen molar-refractivity contribution in [1.82, 2.24) is 9.13 Å². The molecule has 2 aromatic heterocycles. The van der Waals surface area contributed by atoms with Crippen LogP contribution in [-0.2, 0) is 0 Å². The Kier molecular flexibility index (Phi) is 4.61. The van der Waals surface area contributed by atoms with E-state index < -0.39 is 0 Å². The molecule has 36 heavy (non-hydrogen) atoms. The zero-order valence-electron chi connectivity index (χ0n) is 19.5. The van der Waals surface area contributed by atoms with Crippen LogP contribution in [0, 0.1) is 0 Å². The van der Waals surface area contributed by atoms with Gasteiger partial charge in [0.1, 0.15) is 0 Å². The monoisotopic (exact) mass is 462 g/mol. The molecule has 0 radical (unpaired) electrons. The van der Waals surface area contributed by atoms with Gasteiger partial charge in [-0.05, 0) is 42.5 Å². The lowest BCUT2D eigenvalue weighted by Gasteiger charge is -2.10. The molecule has 0 aliphatic carbocycles. The van der Waals surface area contributed by atoms with Gasteiger partial charge in [-0.15, -0.1) is 0 Å². The lowest BCUT2D eigenvalue weighted by atomic mass is 10.0. The number of benzene rings is 5. The average Bonchev–Trinajstić information content (AvgIpc) is 3.53. The summed E-state index contributed by atoms with van der Waals surface area (Å²) in [5.41, 5.74) is 6.96. The number of aromatic nitrogens is 2. The van der Waals surface area contributed by atoms with Crippen LogP contribution in [0.2, 0.25) is 0 Å². The van der Waals surface area contributed by atoms with E-state index in [1.807, 2.05) is 54.6 Å². The number of hydrogen-bond acceptors (Lipinski definition) is 1. The van der Waals surface area contributed by atoms with Gasteiger partial charge in [0, 0.05) is 44.9 Å². The molecule has 0 unspecified atom stereocenters. The zero-order chi connectivity index (χ0) is 24.1. The molecule has 5 aromatic carbocycles. The molecule has 2 heterocycles. The van der Waals surface area contributed by atoms with Crippen molar-refractivity contribution in [2.45, 2.75) is 0 Å². The molecule has 0 aliphatic rings. The third-order valence-corrected chi connectivity index (χ3v) is 6.94. The van der Waals surface area contributed by atoms with Crippen molar-refractivity contribution in [2.24, 2.45) is 0 Å². The van der Waals surface area contributed by atoms with Crippen molar-refractivity contribution in [3.8, 4) is 11.4 Å². The SMILES string of the molecule is O=C(c1ccccc1)c1cccc(-n2ccc3c2ccc2c4ccccc4n(-c4ccccc4)c23)c1. The van der Waals surface area contributed by atoms with E-state index >= 15 is 0 Å². The Morgan fingerprint density at radius 1 is 0.500 bits per heavy atom. The van der Waals surface area contributed by atoms with Gasteiger partial charge in [0.15, 0.2) is 5.78 Å². The maximum Gasteiger partial charge on any atom is 0.193 e. The Balaban J connectivity index is 1.45. The largest absolute Gasteiger partial charge is 0.316 e. The Morgan fingerprint density at radius 3 is 2.03 bits per heavy atom. The van der Waals surface area contributed by atoms with E-state index in [4.69, 9.17) is 0 Å². The fourth-order valence-corrected chi connectivity index (χ4v) is 5.30. The summed E-state index contributed by atoms with van der Waals surface area (Å²) >= 11 is 0. The van der Waals surface area contributed by atoms with Crippen LogP contribution >= 0.6 is 0 Å². The molecule has 7 rings (SSSR count). The minimum atomic E-state index is 0.0282. The van der Waals surface area contributed by atoms with Crippen LogP contribution in [0.1, 0.15) is 15.9 Å². The first-order chi connectivity index (χ1) is 17.8. The fraction of sp³-hybridized carbons (Fsp3) is 0. The lowest BCUT2D eigenvalue weighted by Crippen LogP contribution is -2.02. The number of hydrogen-bond donors (Lipinski definition) is 0. The van der Waals surface area contributed by atoms with Gasteiger partial charge in [-0.25, -0.2) is 0 Å². The molecule has 0 saturated heterocycles. The van der Waals surface area contributed by atoms with Gasteiger partial charge in [-0.2, -0.15) is 0 Å². The van der Waals surface area contributed by atoms with Gasteiger partial charge < -0.3 is 9.13 Å². The number of fused-ring (bicyclic) bond motifs is 5. The molecular formula is C33H22N2O. The highest BCUT2D eigenvalue weighted by Crippen LogP contribution is 2.37. The predicted molar refractivity (Wildman–Crippen MR) is 147 cm³/mol. The molecule has 0 aliphatic heterocycles. The second kappa shape index (κ2) is 8.10. The number of rotatable bonds is 4. The van der Waals surface area contributed by atoms with Crippen LogP contribution in [-0.4, -0.2) is 14.9 Å². The normalized spacial score (nSPS) is 11.4. The predicted octanol–water partition coefficient (Wildman–Crippen LogP) is 7.96. The third kappa shape index (κ3) is 3.10. The van der Waals surface area contributed by atoms with Crippen LogP contribution in [0.5, 0.6) is 0 Å². The summed E-state index contributed by atoms with van der Waals surface area (Å²) in [5.74, 6) is 0.0282. The minimum absolute atomic E-state index is 0.0282. The molecule has 170 valence electrons. The number of carbonyl (C=O) groups is 1. The van der Waals surface area contributed by atoms with E-state index in [-0.39, 0.29) is 5.78 Å². The first-order valence-corrected chi connectivity index (χ1v) is 12.1. The number of carbonyl (C=O) groups excluding carboxylic acids is 1. The van der Waals surface area contributed by atoms with Gasteiger partial charge in [0.25, 0.3) is 0 Å². The molecule has 0 atom stereocenters. The summed E-state index contributed by atoms with van der Waals surface area (Å²) in [6, 6.07) is 43.0. The molecule has 0 fully saturated rings. The molecule has 0 N–H and O–H groups in total. The zero-order valence-corrected chi connectivity index (χ0v) is 19.5. The van der Waals surface area contributed by atoms with E-state index in [1.54, 1.807) is 0 Å². The van der Waals surface area contributed by atoms with Crippen LogP contribution in [0.25, 0.3) is 44.1 Å². The van der Waals surface area contributed by atoms with Gasteiger partial charge in [-0.3, -0.25) is 4.79 Å². The fourth-order valence-electron chi connectivity index (χ4n) is 5.30. The van der Waals surface area contributed by atoms with Gasteiger partial charge in [-0.1, -0.05) is 84.9 Å². The number of ketones is 1. The van der Waals surface area contributed by atoms with Gasteiger partial charge in [0.05, 0.1) is 16.6 Å². The third-order valence-electron chi connectivity index (χ3n) is 6.94. The summed E-state index contributed by atoms with van der Waals surface area (Å²) in [5, 5.41) is 3.64. The molecule has 0 saturated carbocycles. The van der Waals surface area contributed by atoms with Crippen LogP contribution in [0.3, 0.4) is 0 Å². The Labute approximate surface area is 208 Å². The lowest BCUT2D eigenvalue weighted by molar-refractivity contribution is 0.103. The van der Waals surface area contributed by atoms with Gasteiger partial charge in [0.2, 0.25) is 0 Å². The van der Waals surface area contributed by atoms with Crippen LogP contribution < -0.4 is 0 Å². The topological polar surface area (TPSA) is 26.9 Å². The Bertz CT molecular complexity index is 1890. The van der Waals surface area contributed by atoms with Crippen molar-refractivity contribution in [3.63, 3.8) is 0 Å². The van der Waals surface area contributed by atoms with E-state index in [9.17, 15) is 4.79 Å². The molecule has 0 amide bonds. The van der Waals surface area contributed by atoms with E-state index in [1.165, 1.54) is 27.2 Å². The highest BCUT2D eigenvalue weighted by molar-refractivity contribution is 6.18. The van der Waals surface area contributed by atoms with Crippen molar-refractivity contribution in [3.05, 3.63) is 145 Å². The molecular weight excluding hydrogens is 440 g/mol. The average molecular weight is 463 g/mol. The van der Waals surface area contributed by atoms with Crippen molar-refractivity contribution in [1.29, 1.82) is 0 Å². The quantitative estimate of drug-likeness (QED) is 0.244. The van der Waals surface area contributed by atoms with Gasteiger partial charge >= 0.3 is 0 Å². The summed E-state index contributed by atoms with van der Waals surface area (Å²) in [6.45, 7) is 0. The first kappa shape index (κ1) is 20.5. The van der Waals surface area contributed by atoms with Crippen LogP contribution in [0.4, 0.5) is 0 Å². The van der Waals surface area contributed by atoms with E-state index in [0.29, 0.717) is 11.1 Å². The van der Waals surface area contributed by atoms with Crippen molar-refractivity contribution in [2.75, 3.05) is 0 Å². The molecule has 0 spiro atoms. The van der Waals surface area contributed by atoms with E-state index in [0.717, 1.165) is 16.9 Å². The molecule has 3 heteroatoms. The summed E-state index contributed by atoms with van der Waals surface area (Å²) < 4.78 is 4.52. The standard InChI is InChI=1S/C33H22N2O/c36-33(23-10-3-1-4-11-23)24-12-9-15-26(22-24)34-21-20-29-30(34)19-18-28-27-16-7-8-17-31(27)35(32(28)29)25-13-5-2-6-14-25/h1-22H. The van der Waals surface area contributed by atoms with Crippen molar-refractivity contribution >= 4 is 38.5 Å². The highest BCUT2D eigenvalue weighted by atomic mass is 16.1. The Hall–Kier alpha value is -4.89. The number of nitrogens with zero attached hydrogens (tertiary/aromatic N) is 2. The highest BCUT2D eigenvalue weighted by Gasteiger charge is 2.17. The van der Waals surface area contributed by atoms with E-state index in [2.05, 4.69) is 88.1 Å². The minimum Gasteiger partial charge on any atom is -0.316 e. The summed E-state index contributed by atoms with van der Waals surface area (Å²) in [7, 11) is 0. The van der Waals surface area contributed by atoms with Crippen molar-refractivity contribution < 1.29 is 4.79 Å². The second-order valence-electron chi connectivity index (χ2n) is 9.01. The molecule has 0 bridgehead atoms. The first-order valence-electron chi connectivity index (χ1n) is 12.1. The van der Waals surface area contributed by atoms with Crippen LogP contribution in [0.15, 0.2) is 134 Å². The smallest absolute Gasteiger partial charge is 0.193 e. The number of para-hydroxylation sites is 2. The molecule has 7 aromatic rings. The maximum atomic E-state index is 13.1. The maximum absolute atomic E-state index is 13.1.